The monoisotopic (exact) mass is 267 g/mol. The second kappa shape index (κ2) is 4.14. The van der Waals surface area contributed by atoms with Crippen molar-refractivity contribution in [3.63, 3.8) is 0 Å². The van der Waals surface area contributed by atoms with Crippen molar-refractivity contribution in [2.24, 2.45) is 0 Å². The Kier molecular flexibility index (Phi) is 2.85. The van der Waals surface area contributed by atoms with Crippen molar-refractivity contribution in [3.05, 3.63) is 35.2 Å². The van der Waals surface area contributed by atoms with Crippen molar-refractivity contribution in [3.8, 4) is 5.82 Å². The first-order chi connectivity index (χ1) is 7.18. The van der Waals surface area contributed by atoms with E-state index in [0.717, 1.165) is 0 Å². The lowest BCUT2D eigenvalue weighted by Gasteiger charge is -2.05. The fraction of sp³-hybridized carbons (Fsp3) is 0. The van der Waals surface area contributed by atoms with Gasteiger partial charge in [0.15, 0.2) is 5.82 Å². The van der Waals surface area contributed by atoms with Gasteiger partial charge in [-0.05, 0) is 28.1 Å². The highest BCUT2D eigenvalue weighted by Crippen LogP contribution is 2.15. The number of nitrogens with zero attached hydrogens (tertiary/aromatic N) is 3. The molecule has 15 heavy (non-hydrogen) atoms. The number of rotatable bonds is 2. The molecule has 0 atom stereocenters. The van der Waals surface area contributed by atoms with Crippen molar-refractivity contribution < 1.29 is 10.0 Å². The smallest absolute Gasteiger partial charge is 0.423 e. The average Bonchev–Trinajstić information content (AvgIpc) is 2.70. The second-order valence-electron chi connectivity index (χ2n) is 2.90. The van der Waals surface area contributed by atoms with E-state index in [4.69, 9.17) is 10.0 Å². The number of aromatic nitrogens is 3. The summed E-state index contributed by atoms with van der Waals surface area (Å²) in [6.45, 7) is 0. The first-order valence-corrected chi connectivity index (χ1v) is 4.99. The maximum atomic E-state index is 8.94. The molecule has 2 N–H and O–H groups in total. The zero-order valence-electron chi connectivity index (χ0n) is 7.58. The molecule has 5 nitrogen and oxygen atoms in total. The van der Waals surface area contributed by atoms with E-state index in [0.29, 0.717) is 15.8 Å². The number of pyridine rings is 1. The first-order valence-electron chi connectivity index (χ1n) is 4.20. The molecule has 7 heteroatoms. The third kappa shape index (κ3) is 2.09. The SMILES string of the molecule is OB(O)c1cnc(-n2cccn2)c(Br)c1. The minimum atomic E-state index is -1.51. The van der Waals surface area contributed by atoms with Gasteiger partial charge in [0.1, 0.15) is 0 Å². The lowest BCUT2D eigenvalue weighted by atomic mass is 9.82. The van der Waals surface area contributed by atoms with Crippen LogP contribution in [0, 0.1) is 0 Å². The average molecular weight is 268 g/mol. The van der Waals surface area contributed by atoms with Gasteiger partial charge in [0.2, 0.25) is 0 Å². The second-order valence-corrected chi connectivity index (χ2v) is 3.75. The summed E-state index contributed by atoms with van der Waals surface area (Å²) in [7, 11) is -1.51. The lowest BCUT2D eigenvalue weighted by molar-refractivity contribution is 0.425. The topological polar surface area (TPSA) is 71.2 Å². The van der Waals surface area contributed by atoms with Crippen LogP contribution in [0.15, 0.2) is 35.2 Å². The largest absolute Gasteiger partial charge is 0.490 e. The highest BCUT2D eigenvalue weighted by Gasteiger charge is 2.14. The summed E-state index contributed by atoms with van der Waals surface area (Å²) in [6.07, 6.45) is 4.79. The maximum Gasteiger partial charge on any atom is 0.490 e. The Bertz CT molecular complexity index is 461. The molecule has 0 fully saturated rings. The number of hydrogen-bond donors (Lipinski definition) is 2. The Morgan fingerprint density at radius 2 is 2.20 bits per heavy atom. The Balaban J connectivity index is 2.44. The van der Waals surface area contributed by atoms with Crippen LogP contribution < -0.4 is 5.46 Å². The molecule has 2 aromatic heterocycles. The third-order valence-electron chi connectivity index (χ3n) is 1.86. The van der Waals surface area contributed by atoms with Crippen LogP contribution in [0.3, 0.4) is 0 Å². The van der Waals surface area contributed by atoms with E-state index in [1.807, 2.05) is 0 Å². The molecule has 0 aliphatic heterocycles. The van der Waals surface area contributed by atoms with Crippen LogP contribution in [0.4, 0.5) is 0 Å². The first kappa shape index (κ1) is 10.3. The van der Waals surface area contributed by atoms with Crippen LogP contribution in [0.5, 0.6) is 0 Å². The Morgan fingerprint density at radius 1 is 1.40 bits per heavy atom. The molecule has 0 aliphatic rings. The highest BCUT2D eigenvalue weighted by atomic mass is 79.9. The minimum absolute atomic E-state index is 0.331. The summed E-state index contributed by atoms with van der Waals surface area (Å²) in [6, 6.07) is 3.37. The van der Waals surface area contributed by atoms with E-state index in [2.05, 4.69) is 26.0 Å². The number of halogens is 1. The molecule has 2 heterocycles. The van der Waals surface area contributed by atoms with E-state index >= 15 is 0 Å². The van der Waals surface area contributed by atoms with E-state index in [1.165, 1.54) is 6.20 Å². The molecule has 0 radical (unpaired) electrons. The Labute approximate surface area is 94.7 Å². The fourth-order valence-corrected chi connectivity index (χ4v) is 1.70. The van der Waals surface area contributed by atoms with Crippen molar-refractivity contribution >= 4 is 28.5 Å². The zero-order chi connectivity index (χ0) is 10.8. The van der Waals surface area contributed by atoms with Gasteiger partial charge in [-0.3, -0.25) is 0 Å². The highest BCUT2D eigenvalue weighted by molar-refractivity contribution is 9.10. The Hall–Kier alpha value is -1.18. The van der Waals surface area contributed by atoms with Gasteiger partial charge in [0.25, 0.3) is 0 Å². The summed E-state index contributed by atoms with van der Waals surface area (Å²) in [5, 5.41) is 21.9. The standard InChI is InChI=1S/C8H7BBrN3O2/c10-7-4-6(9(14)15)5-11-8(7)13-3-1-2-12-13/h1-5,14-15H. The molecule has 0 bridgehead atoms. The van der Waals surface area contributed by atoms with Crippen LogP contribution in [-0.4, -0.2) is 31.9 Å². The van der Waals surface area contributed by atoms with E-state index in [-0.39, 0.29) is 0 Å². The van der Waals surface area contributed by atoms with Gasteiger partial charge in [-0.25, -0.2) is 9.67 Å². The summed E-state index contributed by atoms with van der Waals surface area (Å²) in [5.41, 5.74) is 0.331. The third-order valence-corrected chi connectivity index (χ3v) is 2.45. The van der Waals surface area contributed by atoms with Crippen LogP contribution >= 0.6 is 15.9 Å². The van der Waals surface area contributed by atoms with Gasteiger partial charge < -0.3 is 10.0 Å². The molecule has 0 unspecified atom stereocenters. The lowest BCUT2D eigenvalue weighted by Crippen LogP contribution is -2.30. The van der Waals surface area contributed by atoms with Gasteiger partial charge in [-0.2, -0.15) is 5.10 Å². The van der Waals surface area contributed by atoms with E-state index in [9.17, 15) is 0 Å². The van der Waals surface area contributed by atoms with Crippen LogP contribution in [-0.2, 0) is 0 Å². The molecule has 0 aliphatic carbocycles. The van der Waals surface area contributed by atoms with Crippen LogP contribution in [0.1, 0.15) is 0 Å². The van der Waals surface area contributed by atoms with Crippen molar-refractivity contribution in [2.75, 3.05) is 0 Å². The van der Waals surface area contributed by atoms with Gasteiger partial charge in [-0.15, -0.1) is 0 Å². The molecule has 0 spiro atoms. The molecule has 0 aromatic carbocycles. The summed E-state index contributed by atoms with van der Waals surface area (Å²) >= 11 is 3.29. The van der Waals surface area contributed by atoms with Crippen LogP contribution in [0.2, 0.25) is 0 Å². The van der Waals surface area contributed by atoms with Crippen molar-refractivity contribution in [2.45, 2.75) is 0 Å². The molecule has 2 aromatic rings. The summed E-state index contributed by atoms with van der Waals surface area (Å²) in [4.78, 5) is 4.08. The molecule has 0 amide bonds. The van der Waals surface area contributed by atoms with Crippen LogP contribution in [0.25, 0.3) is 5.82 Å². The van der Waals surface area contributed by atoms with E-state index < -0.39 is 7.12 Å². The molecule has 2 rings (SSSR count). The normalized spacial score (nSPS) is 10.3. The molecule has 0 saturated heterocycles. The Morgan fingerprint density at radius 3 is 2.73 bits per heavy atom. The minimum Gasteiger partial charge on any atom is -0.423 e. The quantitative estimate of drug-likeness (QED) is 0.734. The fourth-order valence-electron chi connectivity index (χ4n) is 1.15. The molecular formula is C8H7BBrN3O2. The van der Waals surface area contributed by atoms with E-state index in [1.54, 1.807) is 29.2 Å². The molecule has 76 valence electrons. The molecular weight excluding hydrogens is 261 g/mol. The summed E-state index contributed by atoms with van der Waals surface area (Å²) < 4.78 is 2.23. The predicted molar refractivity (Wildman–Crippen MR) is 58.9 cm³/mol. The number of hydrogen-bond acceptors (Lipinski definition) is 4. The van der Waals surface area contributed by atoms with Crippen molar-refractivity contribution in [1.82, 2.24) is 14.8 Å². The molecule has 0 saturated carbocycles. The predicted octanol–water partition coefficient (Wildman–Crippen LogP) is -0.290. The van der Waals surface area contributed by atoms with Gasteiger partial charge in [0, 0.05) is 24.1 Å². The van der Waals surface area contributed by atoms with Gasteiger partial charge in [0.05, 0.1) is 4.47 Å². The maximum absolute atomic E-state index is 8.94. The summed E-state index contributed by atoms with van der Waals surface area (Å²) in [5.74, 6) is 0.601. The zero-order valence-corrected chi connectivity index (χ0v) is 9.16. The van der Waals surface area contributed by atoms with Gasteiger partial charge in [-0.1, -0.05) is 0 Å². The van der Waals surface area contributed by atoms with Crippen molar-refractivity contribution in [1.29, 1.82) is 0 Å². The van der Waals surface area contributed by atoms with Gasteiger partial charge >= 0.3 is 7.12 Å².